The Balaban J connectivity index is 2.21. The first kappa shape index (κ1) is 14.9. The van der Waals surface area contributed by atoms with Gasteiger partial charge in [0.2, 0.25) is 5.91 Å². The number of phenolic OH excluding ortho intramolecular Hbond substituents is 1. The molecule has 0 unspecified atom stereocenters. The highest BCUT2D eigenvalue weighted by Gasteiger charge is 2.38. The molecule has 1 aliphatic rings. The number of anilines is 1. The number of amides is 1. The fourth-order valence-electron chi connectivity index (χ4n) is 2.98. The monoisotopic (exact) mass is 276 g/mol. The van der Waals surface area contributed by atoms with E-state index in [9.17, 15) is 9.90 Å². The standard InChI is InChI=1S/C16H24N2O2/c1-11-6-7-13(12(2)14(11)19)18-15(20)16(10-17)8-4-3-5-9-16/h6-7,19H,3-5,8-10,17H2,1-2H3,(H,18,20). The summed E-state index contributed by atoms with van der Waals surface area (Å²) in [6, 6.07) is 3.66. The predicted octanol–water partition coefficient (Wildman–Crippen LogP) is 2.86. The molecule has 1 aromatic rings. The quantitative estimate of drug-likeness (QED) is 0.794. The molecule has 2 rings (SSSR count). The maximum atomic E-state index is 12.6. The normalized spacial score (nSPS) is 17.8. The van der Waals surface area contributed by atoms with Gasteiger partial charge in [0, 0.05) is 17.8 Å². The van der Waals surface area contributed by atoms with Crippen molar-refractivity contribution in [1.82, 2.24) is 0 Å². The highest BCUT2D eigenvalue weighted by atomic mass is 16.3. The SMILES string of the molecule is Cc1ccc(NC(=O)C2(CN)CCCCC2)c(C)c1O. The molecule has 1 amide bonds. The van der Waals surface area contributed by atoms with E-state index in [4.69, 9.17) is 5.73 Å². The molecule has 4 heteroatoms. The van der Waals surface area contributed by atoms with Crippen molar-refractivity contribution in [3.8, 4) is 5.75 Å². The van der Waals surface area contributed by atoms with Gasteiger partial charge in [-0.3, -0.25) is 4.79 Å². The van der Waals surface area contributed by atoms with Crippen LogP contribution in [0.4, 0.5) is 5.69 Å². The highest BCUT2D eigenvalue weighted by Crippen LogP contribution is 2.37. The van der Waals surface area contributed by atoms with Gasteiger partial charge in [-0.25, -0.2) is 0 Å². The van der Waals surface area contributed by atoms with Gasteiger partial charge in [-0.1, -0.05) is 25.3 Å². The Morgan fingerprint density at radius 1 is 1.30 bits per heavy atom. The summed E-state index contributed by atoms with van der Waals surface area (Å²) in [7, 11) is 0. The van der Waals surface area contributed by atoms with Gasteiger partial charge < -0.3 is 16.2 Å². The van der Waals surface area contributed by atoms with Crippen LogP contribution < -0.4 is 11.1 Å². The minimum Gasteiger partial charge on any atom is -0.507 e. The number of aryl methyl sites for hydroxylation is 1. The molecule has 1 aliphatic carbocycles. The van der Waals surface area contributed by atoms with Crippen molar-refractivity contribution in [2.75, 3.05) is 11.9 Å². The molecule has 0 aromatic heterocycles. The van der Waals surface area contributed by atoms with E-state index < -0.39 is 5.41 Å². The molecule has 0 bridgehead atoms. The van der Waals surface area contributed by atoms with Crippen LogP contribution >= 0.6 is 0 Å². The van der Waals surface area contributed by atoms with Gasteiger partial charge >= 0.3 is 0 Å². The van der Waals surface area contributed by atoms with Gasteiger partial charge in [-0.05, 0) is 38.3 Å². The third kappa shape index (κ3) is 2.66. The number of carbonyl (C=O) groups excluding carboxylic acids is 1. The average Bonchev–Trinajstić information content (AvgIpc) is 2.48. The lowest BCUT2D eigenvalue weighted by Gasteiger charge is -2.34. The summed E-state index contributed by atoms with van der Waals surface area (Å²) in [5.41, 5.74) is 7.63. The van der Waals surface area contributed by atoms with Gasteiger partial charge in [0.15, 0.2) is 0 Å². The second-order valence-electron chi connectivity index (χ2n) is 5.90. The number of carbonyl (C=O) groups is 1. The van der Waals surface area contributed by atoms with E-state index in [2.05, 4.69) is 5.32 Å². The van der Waals surface area contributed by atoms with Crippen molar-refractivity contribution in [3.63, 3.8) is 0 Å². The second kappa shape index (κ2) is 5.83. The molecule has 0 spiro atoms. The largest absolute Gasteiger partial charge is 0.507 e. The van der Waals surface area contributed by atoms with Gasteiger partial charge in [0.05, 0.1) is 5.41 Å². The zero-order valence-electron chi connectivity index (χ0n) is 12.3. The van der Waals surface area contributed by atoms with Crippen LogP contribution in [0.5, 0.6) is 5.75 Å². The first-order valence-electron chi connectivity index (χ1n) is 7.31. The van der Waals surface area contributed by atoms with E-state index in [0.29, 0.717) is 17.8 Å². The van der Waals surface area contributed by atoms with E-state index in [-0.39, 0.29) is 11.7 Å². The smallest absolute Gasteiger partial charge is 0.231 e. The molecule has 0 aliphatic heterocycles. The number of phenols is 1. The van der Waals surface area contributed by atoms with Gasteiger partial charge in [-0.2, -0.15) is 0 Å². The van der Waals surface area contributed by atoms with Crippen molar-refractivity contribution >= 4 is 11.6 Å². The Morgan fingerprint density at radius 2 is 1.95 bits per heavy atom. The molecule has 20 heavy (non-hydrogen) atoms. The molecule has 0 saturated heterocycles. The third-order valence-corrected chi connectivity index (χ3v) is 4.56. The lowest BCUT2D eigenvalue weighted by molar-refractivity contribution is -0.126. The topological polar surface area (TPSA) is 75.4 Å². The van der Waals surface area contributed by atoms with E-state index in [0.717, 1.165) is 31.2 Å². The summed E-state index contributed by atoms with van der Waals surface area (Å²) in [6.45, 7) is 4.04. The number of hydrogen-bond donors (Lipinski definition) is 3. The van der Waals surface area contributed by atoms with Crippen LogP contribution in [-0.2, 0) is 4.79 Å². The van der Waals surface area contributed by atoms with Gasteiger partial charge in [-0.15, -0.1) is 0 Å². The number of nitrogens with two attached hydrogens (primary N) is 1. The van der Waals surface area contributed by atoms with Crippen LogP contribution in [0.15, 0.2) is 12.1 Å². The highest BCUT2D eigenvalue weighted by molar-refractivity contribution is 5.96. The minimum absolute atomic E-state index is 0.00828. The molecule has 4 N–H and O–H groups in total. The van der Waals surface area contributed by atoms with E-state index in [1.165, 1.54) is 6.42 Å². The Bertz CT molecular complexity index is 505. The Hall–Kier alpha value is -1.55. The molecule has 4 nitrogen and oxygen atoms in total. The molecule has 1 fully saturated rings. The van der Waals surface area contributed by atoms with E-state index in [1.54, 1.807) is 0 Å². The van der Waals surface area contributed by atoms with Crippen molar-refractivity contribution in [3.05, 3.63) is 23.3 Å². The summed E-state index contributed by atoms with van der Waals surface area (Å²) < 4.78 is 0. The lowest BCUT2D eigenvalue weighted by atomic mass is 9.73. The summed E-state index contributed by atoms with van der Waals surface area (Å²) in [6.07, 6.45) is 5.00. The van der Waals surface area contributed by atoms with Gasteiger partial charge in [0.25, 0.3) is 0 Å². The van der Waals surface area contributed by atoms with Crippen LogP contribution in [0, 0.1) is 19.3 Å². The molecule has 0 atom stereocenters. The fourth-order valence-corrected chi connectivity index (χ4v) is 2.98. The maximum absolute atomic E-state index is 12.6. The first-order valence-corrected chi connectivity index (χ1v) is 7.31. The third-order valence-electron chi connectivity index (χ3n) is 4.56. The molecular formula is C16H24N2O2. The molecule has 1 aromatic carbocycles. The summed E-state index contributed by atoms with van der Waals surface area (Å²) >= 11 is 0. The molecule has 0 heterocycles. The van der Waals surface area contributed by atoms with Crippen LogP contribution in [-0.4, -0.2) is 17.6 Å². The van der Waals surface area contributed by atoms with E-state index >= 15 is 0 Å². The average molecular weight is 276 g/mol. The molecule has 1 saturated carbocycles. The second-order valence-corrected chi connectivity index (χ2v) is 5.90. The van der Waals surface area contributed by atoms with Crippen molar-refractivity contribution in [1.29, 1.82) is 0 Å². The predicted molar refractivity (Wildman–Crippen MR) is 80.8 cm³/mol. The van der Waals surface area contributed by atoms with Crippen LogP contribution in [0.25, 0.3) is 0 Å². The number of benzene rings is 1. The lowest BCUT2D eigenvalue weighted by Crippen LogP contribution is -2.43. The first-order chi connectivity index (χ1) is 9.50. The van der Waals surface area contributed by atoms with Crippen molar-refractivity contribution in [2.24, 2.45) is 11.1 Å². The van der Waals surface area contributed by atoms with Crippen LogP contribution in [0.2, 0.25) is 0 Å². The number of aromatic hydroxyl groups is 1. The van der Waals surface area contributed by atoms with Crippen LogP contribution in [0.3, 0.4) is 0 Å². The molecule has 0 radical (unpaired) electrons. The Kier molecular flexibility index (Phi) is 4.33. The minimum atomic E-state index is -0.439. The number of rotatable bonds is 3. The fraction of sp³-hybridized carbons (Fsp3) is 0.562. The summed E-state index contributed by atoms with van der Waals surface area (Å²) in [5.74, 6) is 0.235. The number of nitrogens with one attached hydrogen (secondary N) is 1. The summed E-state index contributed by atoms with van der Waals surface area (Å²) in [5, 5.41) is 12.9. The molecule has 110 valence electrons. The Morgan fingerprint density at radius 3 is 2.55 bits per heavy atom. The zero-order chi connectivity index (χ0) is 14.8. The van der Waals surface area contributed by atoms with Crippen molar-refractivity contribution < 1.29 is 9.90 Å². The zero-order valence-corrected chi connectivity index (χ0v) is 12.3. The maximum Gasteiger partial charge on any atom is 0.231 e. The van der Waals surface area contributed by atoms with Crippen LogP contribution in [0.1, 0.15) is 43.2 Å². The summed E-state index contributed by atoms with van der Waals surface area (Å²) in [4.78, 5) is 12.6. The van der Waals surface area contributed by atoms with Crippen molar-refractivity contribution in [2.45, 2.75) is 46.0 Å². The van der Waals surface area contributed by atoms with Gasteiger partial charge in [0.1, 0.15) is 5.75 Å². The van der Waals surface area contributed by atoms with E-state index in [1.807, 2.05) is 26.0 Å². The number of hydrogen-bond acceptors (Lipinski definition) is 3. The Labute approximate surface area is 120 Å². The molecular weight excluding hydrogens is 252 g/mol.